The molecule has 0 spiro atoms. The highest BCUT2D eigenvalue weighted by molar-refractivity contribution is 5.91. The number of rotatable bonds is 3. The lowest BCUT2D eigenvalue weighted by Crippen LogP contribution is -2.39. The highest BCUT2D eigenvalue weighted by Gasteiger charge is 2.50. The van der Waals surface area contributed by atoms with Crippen molar-refractivity contribution in [2.45, 2.75) is 59.9 Å². The zero-order valence-electron chi connectivity index (χ0n) is 16.0. The number of carbonyl (C=O) groups excluding carboxylic acids is 2. The standard InChI is InChI=1S/C21H29NO3/c1-14-6-15(2)8-16(7-14)19(24)25-11-18(23)22-13-21(5)10-17(22)9-20(3,4)12-21/h6-8,17H,9-13H2,1-5H3. The summed E-state index contributed by atoms with van der Waals surface area (Å²) in [6, 6.07) is 5.88. The molecule has 1 aliphatic heterocycles. The van der Waals surface area contributed by atoms with Crippen molar-refractivity contribution in [1.82, 2.24) is 4.90 Å². The molecule has 0 aromatic heterocycles. The molecule has 2 aliphatic rings. The Bertz CT molecular complexity index is 689. The third kappa shape index (κ3) is 3.88. The maximum absolute atomic E-state index is 12.7. The minimum atomic E-state index is -0.422. The normalized spacial score (nSPS) is 27.2. The van der Waals surface area contributed by atoms with Gasteiger partial charge in [-0.15, -0.1) is 0 Å². The Morgan fingerprint density at radius 1 is 1.12 bits per heavy atom. The summed E-state index contributed by atoms with van der Waals surface area (Å²) in [6.07, 6.45) is 3.23. The van der Waals surface area contributed by atoms with Crippen LogP contribution in [0.15, 0.2) is 18.2 Å². The number of ether oxygens (including phenoxy) is 1. The number of hydrogen-bond donors (Lipinski definition) is 0. The smallest absolute Gasteiger partial charge is 0.338 e. The maximum atomic E-state index is 12.7. The molecule has 1 aliphatic carbocycles. The van der Waals surface area contributed by atoms with Crippen LogP contribution in [0.2, 0.25) is 0 Å². The van der Waals surface area contributed by atoms with E-state index in [4.69, 9.17) is 4.74 Å². The van der Waals surface area contributed by atoms with Crippen molar-refractivity contribution in [3.63, 3.8) is 0 Å². The van der Waals surface area contributed by atoms with Crippen molar-refractivity contribution in [2.75, 3.05) is 13.2 Å². The molecule has 4 nitrogen and oxygen atoms in total. The predicted octanol–water partition coefficient (Wildman–Crippen LogP) is 3.89. The van der Waals surface area contributed by atoms with Gasteiger partial charge in [0.1, 0.15) is 0 Å². The number of carbonyl (C=O) groups is 2. The van der Waals surface area contributed by atoms with Gasteiger partial charge in [-0.1, -0.05) is 38.0 Å². The largest absolute Gasteiger partial charge is 0.452 e. The zero-order chi connectivity index (χ0) is 18.4. The van der Waals surface area contributed by atoms with E-state index in [1.54, 1.807) is 12.1 Å². The minimum absolute atomic E-state index is 0.0656. The molecule has 1 aromatic rings. The number of aryl methyl sites for hydroxylation is 2. The van der Waals surface area contributed by atoms with Crippen molar-refractivity contribution < 1.29 is 14.3 Å². The van der Waals surface area contributed by atoms with Gasteiger partial charge in [0.15, 0.2) is 6.61 Å². The first kappa shape index (κ1) is 18.0. The first-order valence-electron chi connectivity index (χ1n) is 9.12. The topological polar surface area (TPSA) is 46.6 Å². The van der Waals surface area contributed by atoms with Crippen molar-refractivity contribution in [3.8, 4) is 0 Å². The van der Waals surface area contributed by atoms with E-state index in [-0.39, 0.29) is 29.4 Å². The summed E-state index contributed by atoms with van der Waals surface area (Å²) in [6.45, 7) is 11.3. The molecule has 136 valence electrons. The summed E-state index contributed by atoms with van der Waals surface area (Å²) in [5, 5.41) is 0. The van der Waals surface area contributed by atoms with E-state index < -0.39 is 5.97 Å². The van der Waals surface area contributed by atoms with E-state index in [1.807, 2.05) is 24.8 Å². The minimum Gasteiger partial charge on any atom is -0.452 e. The van der Waals surface area contributed by atoms with E-state index in [9.17, 15) is 9.59 Å². The average molecular weight is 343 g/mol. The number of benzene rings is 1. The molecule has 2 unspecified atom stereocenters. The Morgan fingerprint density at radius 3 is 2.40 bits per heavy atom. The van der Waals surface area contributed by atoms with Crippen molar-refractivity contribution >= 4 is 11.9 Å². The van der Waals surface area contributed by atoms with Crippen LogP contribution in [0.5, 0.6) is 0 Å². The number of likely N-dealkylation sites (tertiary alicyclic amines) is 1. The van der Waals surface area contributed by atoms with Crippen molar-refractivity contribution in [1.29, 1.82) is 0 Å². The van der Waals surface area contributed by atoms with Gasteiger partial charge in [-0.3, -0.25) is 4.79 Å². The van der Waals surface area contributed by atoms with Gasteiger partial charge in [-0.05, 0) is 56.1 Å². The van der Waals surface area contributed by atoms with Gasteiger partial charge < -0.3 is 9.64 Å². The number of esters is 1. The summed E-state index contributed by atoms with van der Waals surface area (Å²) in [5.74, 6) is -0.488. The number of fused-ring (bicyclic) bond motifs is 2. The molecule has 0 N–H and O–H groups in total. The van der Waals surface area contributed by atoms with Crippen LogP contribution in [-0.2, 0) is 9.53 Å². The molecule has 1 saturated heterocycles. The third-order valence-corrected chi connectivity index (χ3v) is 5.52. The molecule has 1 aromatic carbocycles. The van der Waals surface area contributed by atoms with E-state index >= 15 is 0 Å². The van der Waals surface area contributed by atoms with Crippen LogP contribution in [0.4, 0.5) is 0 Å². The van der Waals surface area contributed by atoms with Gasteiger partial charge in [0.2, 0.25) is 0 Å². The first-order valence-corrected chi connectivity index (χ1v) is 9.12. The molecular formula is C21H29NO3. The van der Waals surface area contributed by atoms with E-state index in [1.165, 1.54) is 0 Å². The Labute approximate surface area is 150 Å². The van der Waals surface area contributed by atoms with Crippen LogP contribution in [0, 0.1) is 24.7 Å². The van der Waals surface area contributed by atoms with Crippen LogP contribution in [0.3, 0.4) is 0 Å². The van der Waals surface area contributed by atoms with E-state index in [0.29, 0.717) is 5.56 Å². The van der Waals surface area contributed by atoms with Gasteiger partial charge in [-0.25, -0.2) is 4.79 Å². The Hall–Kier alpha value is -1.84. The fourth-order valence-corrected chi connectivity index (χ4v) is 5.14. The lowest BCUT2D eigenvalue weighted by molar-refractivity contribution is -0.135. The molecule has 2 bridgehead atoms. The molecule has 2 atom stereocenters. The molecular weight excluding hydrogens is 314 g/mol. The van der Waals surface area contributed by atoms with Gasteiger partial charge in [0.25, 0.3) is 5.91 Å². The molecule has 1 heterocycles. The molecule has 0 radical (unpaired) electrons. The van der Waals surface area contributed by atoms with Crippen molar-refractivity contribution in [2.24, 2.45) is 10.8 Å². The van der Waals surface area contributed by atoms with Crippen LogP contribution < -0.4 is 0 Å². The summed E-state index contributed by atoms with van der Waals surface area (Å²) in [7, 11) is 0. The lowest BCUT2D eigenvalue weighted by Gasteiger charge is -2.39. The number of nitrogens with zero attached hydrogens (tertiary/aromatic N) is 1. The fraction of sp³-hybridized carbons (Fsp3) is 0.619. The quantitative estimate of drug-likeness (QED) is 0.782. The SMILES string of the molecule is Cc1cc(C)cc(C(=O)OCC(=O)N2CC3(C)CC2CC(C)(C)C3)c1. The summed E-state index contributed by atoms with van der Waals surface area (Å²) in [4.78, 5) is 26.9. The molecule has 1 amide bonds. The second-order valence-electron chi connectivity index (χ2n) is 9.19. The summed E-state index contributed by atoms with van der Waals surface area (Å²) >= 11 is 0. The third-order valence-electron chi connectivity index (χ3n) is 5.52. The summed E-state index contributed by atoms with van der Waals surface area (Å²) in [5.41, 5.74) is 3.00. The van der Waals surface area contributed by atoms with Gasteiger partial charge >= 0.3 is 5.97 Å². The number of hydrogen-bond acceptors (Lipinski definition) is 3. The Morgan fingerprint density at radius 2 is 1.76 bits per heavy atom. The van der Waals surface area contributed by atoms with Gasteiger partial charge in [-0.2, -0.15) is 0 Å². The number of amides is 1. The Kier molecular flexibility index (Phi) is 4.42. The highest BCUT2D eigenvalue weighted by atomic mass is 16.5. The lowest BCUT2D eigenvalue weighted by atomic mass is 9.65. The van der Waals surface area contributed by atoms with Crippen LogP contribution in [0.1, 0.15) is 61.5 Å². The Balaban J connectivity index is 1.62. The highest BCUT2D eigenvalue weighted by Crippen LogP contribution is 2.52. The average Bonchev–Trinajstić information content (AvgIpc) is 2.72. The molecule has 4 heteroatoms. The van der Waals surface area contributed by atoms with E-state index in [2.05, 4.69) is 20.8 Å². The predicted molar refractivity (Wildman–Crippen MR) is 97.4 cm³/mol. The molecule has 2 fully saturated rings. The molecule has 3 rings (SSSR count). The van der Waals surface area contributed by atoms with E-state index in [0.717, 1.165) is 36.9 Å². The van der Waals surface area contributed by atoms with Gasteiger partial charge in [0.05, 0.1) is 5.56 Å². The molecule has 25 heavy (non-hydrogen) atoms. The monoisotopic (exact) mass is 343 g/mol. The first-order chi connectivity index (χ1) is 11.6. The molecule has 1 saturated carbocycles. The fourth-order valence-electron chi connectivity index (χ4n) is 5.14. The van der Waals surface area contributed by atoms with Crippen molar-refractivity contribution in [3.05, 3.63) is 34.9 Å². The second-order valence-corrected chi connectivity index (χ2v) is 9.19. The van der Waals surface area contributed by atoms with Gasteiger partial charge in [0, 0.05) is 12.6 Å². The van der Waals surface area contributed by atoms with Crippen LogP contribution in [0.25, 0.3) is 0 Å². The maximum Gasteiger partial charge on any atom is 0.338 e. The van der Waals surface area contributed by atoms with Crippen LogP contribution >= 0.6 is 0 Å². The van der Waals surface area contributed by atoms with Crippen LogP contribution in [-0.4, -0.2) is 36.0 Å². The summed E-state index contributed by atoms with van der Waals surface area (Å²) < 4.78 is 5.32. The second kappa shape index (κ2) is 6.15. The zero-order valence-corrected chi connectivity index (χ0v) is 16.0.